The number of alkyl carbamates (subject to hydrolysis) is 1. The van der Waals surface area contributed by atoms with Gasteiger partial charge in [-0.3, -0.25) is 0 Å². The monoisotopic (exact) mass is 387 g/mol. The second kappa shape index (κ2) is 6.61. The largest absolute Gasteiger partial charge is 0.444 e. The first kappa shape index (κ1) is 19.7. The number of ether oxygens (including phenoxy) is 1. The van der Waals surface area contributed by atoms with E-state index in [1.807, 2.05) is 0 Å². The molecule has 1 aliphatic carbocycles. The molecule has 25 heavy (non-hydrogen) atoms. The number of amides is 1. The molecule has 1 amide bonds. The van der Waals surface area contributed by atoms with Gasteiger partial charge in [0.25, 0.3) is 0 Å². The molecule has 0 bridgehead atoms. The highest BCUT2D eigenvalue weighted by molar-refractivity contribution is 7.92. The van der Waals surface area contributed by atoms with Crippen LogP contribution in [0.5, 0.6) is 0 Å². The highest BCUT2D eigenvalue weighted by Gasteiger charge is 2.72. The Bertz CT molecular complexity index is 786. The maximum atomic E-state index is 12.5. The van der Waals surface area contributed by atoms with Crippen molar-refractivity contribution in [3.8, 4) is 0 Å². The molecular formula is C17H22ClNO5S. The summed E-state index contributed by atoms with van der Waals surface area (Å²) in [7, 11) is -3.59. The molecule has 0 saturated heterocycles. The van der Waals surface area contributed by atoms with Crippen LogP contribution in [0.1, 0.15) is 39.2 Å². The topological polar surface area (TPSA) is 89.5 Å². The van der Waals surface area contributed by atoms with Gasteiger partial charge < -0.3 is 14.8 Å². The predicted octanol–water partition coefficient (Wildman–Crippen LogP) is 2.70. The molecule has 6 nitrogen and oxygen atoms in total. The van der Waals surface area contributed by atoms with Crippen LogP contribution in [0.25, 0.3) is 0 Å². The fourth-order valence-corrected chi connectivity index (χ4v) is 5.14. The van der Waals surface area contributed by atoms with Gasteiger partial charge in [0.05, 0.1) is 0 Å². The van der Waals surface area contributed by atoms with E-state index in [9.17, 15) is 18.0 Å². The van der Waals surface area contributed by atoms with Crippen molar-refractivity contribution in [2.75, 3.05) is 5.75 Å². The third-order valence-corrected chi connectivity index (χ3v) is 6.56. The Hall–Kier alpha value is -1.60. The Kier molecular flexibility index (Phi) is 5.21. The zero-order chi connectivity index (χ0) is 19.0. The standard InChI is InChI=1S/C17H22ClNO5S/c1-5-25(22,23)14-13(11-7-6-8-12(18)9-11)17(14,10-20)19-15(21)24-16(2,3)4/h6-10,13-14H,5H2,1-4H3,(H,19,21)/t13-,14+,17+/m0/s1. The second-order valence-corrected chi connectivity index (χ2v) is 9.93. The molecule has 2 rings (SSSR count). The van der Waals surface area contributed by atoms with E-state index in [1.165, 1.54) is 6.92 Å². The summed E-state index contributed by atoms with van der Waals surface area (Å²) < 4.78 is 30.2. The summed E-state index contributed by atoms with van der Waals surface area (Å²) in [6.07, 6.45) is -0.346. The van der Waals surface area contributed by atoms with E-state index < -0.39 is 38.2 Å². The number of halogens is 1. The van der Waals surface area contributed by atoms with Crippen LogP contribution in [0.15, 0.2) is 24.3 Å². The maximum Gasteiger partial charge on any atom is 0.408 e. The molecule has 138 valence electrons. The summed E-state index contributed by atoms with van der Waals surface area (Å²) in [6, 6.07) is 6.62. The van der Waals surface area contributed by atoms with Gasteiger partial charge in [0.2, 0.25) is 0 Å². The average molecular weight is 388 g/mol. The predicted molar refractivity (Wildman–Crippen MR) is 95.6 cm³/mol. The SMILES string of the molecule is CCS(=O)(=O)[C@@H]1[C@H](c2cccc(Cl)c2)[C@@]1(C=O)NC(=O)OC(C)(C)C. The van der Waals surface area contributed by atoms with Gasteiger partial charge in [-0.2, -0.15) is 0 Å². The average Bonchev–Trinajstić information content (AvgIpc) is 3.15. The summed E-state index contributed by atoms with van der Waals surface area (Å²) >= 11 is 5.99. The van der Waals surface area contributed by atoms with E-state index in [1.54, 1.807) is 45.0 Å². The fourth-order valence-electron chi connectivity index (χ4n) is 3.01. The summed E-state index contributed by atoms with van der Waals surface area (Å²) in [5.41, 5.74) is -1.74. The normalized spacial score (nSPS) is 26.0. The number of benzene rings is 1. The number of carbonyl (C=O) groups excluding carboxylic acids is 2. The van der Waals surface area contributed by atoms with Crippen molar-refractivity contribution in [2.24, 2.45) is 0 Å². The lowest BCUT2D eigenvalue weighted by Gasteiger charge is -2.22. The van der Waals surface area contributed by atoms with Gasteiger partial charge in [0, 0.05) is 16.7 Å². The Morgan fingerprint density at radius 2 is 2.04 bits per heavy atom. The number of carbonyl (C=O) groups is 2. The van der Waals surface area contributed by atoms with Crippen LogP contribution in [-0.4, -0.2) is 42.9 Å². The molecular weight excluding hydrogens is 366 g/mol. The Morgan fingerprint density at radius 1 is 1.40 bits per heavy atom. The van der Waals surface area contributed by atoms with E-state index in [-0.39, 0.29) is 5.75 Å². The molecule has 1 aromatic rings. The van der Waals surface area contributed by atoms with Crippen LogP contribution >= 0.6 is 11.6 Å². The van der Waals surface area contributed by atoms with Crippen LogP contribution in [0.3, 0.4) is 0 Å². The van der Waals surface area contributed by atoms with Crippen molar-refractivity contribution in [3.05, 3.63) is 34.9 Å². The molecule has 0 aromatic heterocycles. The highest BCUT2D eigenvalue weighted by Crippen LogP contribution is 2.55. The lowest BCUT2D eigenvalue weighted by atomic mass is 10.1. The van der Waals surface area contributed by atoms with E-state index in [0.29, 0.717) is 16.9 Å². The molecule has 1 N–H and O–H groups in total. The van der Waals surface area contributed by atoms with Crippen molar-refractivity contribution in [1.82, 2.24) is 5.32 Å². The number of hydrogen-bond donors (Lipinski definition) is 1. The number of nitrogens with one attached hydrogen (secondary N) is 1. The molecule has 0 unspecified atom stereocenters. The molecule has 3 atom stereocenters. The first-order valence-electron chi connectivity index (χ1n) is 7.91. The number of sulfone groups is 1. The minimum absolute atomic E-state index is 0.139. The Morgan fingerprint density at radius 3 is 2.52 bits per heavy atom. The van der Waals surface area contributed by atoms with Crippen molar-refractivity contribution in [1.29, 1.82) is 0 Å². The number of hydrogen-bond acceptors (Lipinski definition) is 5. The van der Waals surface area contributed by atoms with Crippen LogP contribution < -0.4 is 5.32 Å². The quantitative estimate of drug-likeness (QED) is 0.784. The summed E-state index contributed by atoms with van der Waals surface area (Å²) in [5, 5.41) is 1.86. The summed E-state index contributed by atoms with van der Waals surface area (Å²) in [4.78, 5) is 24.0. The first-order valence-corrected chi connectivity index (χ1v) is 10.0. The van der Waals surface area contributed by atoms with Crippen LogP contribution in [0.4, 0.5) is 4.79 Å². The third kappa shape index (κ3) is 3.98. The minimum Gasteiger partial charge on any atom is -0.444 e. The van der Waals surface area contributed by atoms with Gasteiger partial charge >= 0.3 is 6.09 Å². The minimum atomic E-state index is -3.59. The highest BCUT2D eigenvalue weighted by atomic mass is 35.5. The Labute approximate surface area is 152 Å². The van der Waals surface area contributed by atoms with E-state index in [0.717, 1.165) is 0 Å². The first-order chi connectivity index (χ1) is 11.5. The van der Waals surface area contributed by atoms with Crippen molar-refractivity contribution in [3.63, 3.8) is 0 Å². The zero-order valence-corrected chi connectivity index (χ0v) is 16.1. The van der Waals surface area contributed by atoms with Crippen molar-refractivity contribution in [2.45, 2.75) is 50.0 Å². The zero-order valence-electron chi connectivity index (χ0n) is 14.6. The van der Waals surface area contributed by atoms with Gasteiger partial charge in [-0.1, -0.05) is 30.7 Å². The summed E-state index contributed by atoms with van der Waals surface area (Å²) in [5.74, 6) is -0.846. The lowest BCUT2D eigenvalue weighted by Crippen LogP contribution is -2.45. The van der Waals surface area contributed by atoms with Gasteiger partial charge in [-0.25, -0.2) is 13.2 Å². The number of rotatable bonds is 5. The second-order valence-electron chi connectivity index (χ2n) is 7.08. The molecule has 0 spiro atoms. The summed E-state index contributed by atoms with van der Waals surface area (Å²) in [6.45, 7) is 6.55. The fraction of sp³-hybridized carbons (Fsp3) is 0.529. The van der Waals surface area contributed by atoms with Gasteiger partial charge in [0.15, 0.2) is 9.84 Å². The van der Waals surface area contributed by atoms with E-state index in [2.05, 4.69) is 5.32 Å². The van der Waals surface area contributed by atoms with Gasteiger partial charge in [-0.05, 0) is 38.5 Å². The molecule has 0 radical (unpaired) electrons. The van der Waals surface area contributed by atoms with Gasteiger partial charge in [0.1, 0.15) is 22.7 Å². The van der Waals surface area contributed by atoms with Crippen molar-refractivity contribution < 1.29 is 22.7 Å². The molecule has 1 fully saturated rings. The van der Waals surface area contributed by atoms with Gasteiger partial charge in [-0.15, -0.1) is 0 Å². The third-order valence-electron chi connectivity index (χ3n) is 4.09. The van der Waals surface area contributed by atoms with E-state index in [4.69, 9.17) is 16.3 Å². The number of aldehydes is 1. The van der Waals surface area contributed by atoms with Crippen LogP contribution in [0, 0.1) is 0 Å². The molecule has 0 aliphatic heterocycles. The lowest BCUT2D eigenvalue weighted by molar-refractivity contribution is -0.110. The smallest absolute Gasteiger partial charge is 0.408 e. The molecule has 1 aliphatic rings. The Balaban J connectivity index is 2.42. The molecule has 1 saturated carbocycles. The molecule has 1 aromatic carbocycles. The maximum absolute atomic E-state index is 12.5. The van der Waals surface area contributed by atoms with Crippen molar-refractivity contribution >= 4 is 33.8 Å². The molecule has 8 heteroatoms. The van der Waals surface area contributed by atoms with Crippen LogP contribution in [-0.2, 0) is 19.4 Å². The molecule has 0 heterocycles. The van der Waals surface area contributed by atoms with E-state index >= 15 is 0 Å². The van der Waals surface area contributed by atoms with Crippen LogP contribution in [0.2, 0.25) is 5.02 Å².